The standard InChI is InChI=1S/C30H35N7O/c1-20-15-36(28-6-4-21(13-31)30-25(28)3-2-10-33-30)18-24(38-20)19-37-17-23-16-35(12-9-27(23)37)29-7-5-22-14-32-11-8-26(22)34-29/h2-7,10,20,23-24,27,32H,8-9,11-12,14-19H2,1H3/t20-,23?,24-,27+/m1/s1. The molecule has 7 rings (SSSR count). The third-order valence-corrected chi connectivity index (χ3v) is 8.84. The molecular weight excluding hydrogens is 474 g/mol. The second-order valence-electron chi connectivity index (χ2n) is 11.3. The Balaban J connectivity index is 1.00. The fourth-order valence-electron chi connectivity index (χ4n) is 7.03. The summed E-state index contributed by atoms with van der Waals surface area (Å²) in [6.07, 6.45) is 4.30. The molecule has 8 nitrogen and oxygen atoms in total. The summed E-state index contributed by atoms with van der Waals surface area (Å²) in [5.74, 6) is 1.86. The maximum atomic E-state index is 9.54. The van der Waals surface area contributed by atoms with Gasteiger partial charge in [0.25, 0.3) is 0 Å². The number of hydrogen-bond acceptors (Lipinski definition) is 8. The van der Waals surface area contributed by atoms with E-state index in [1.807, 2.05) is 12.1 Å². The van der Waals surface area contributed by atoms with E-state index in [4.69, 9.17) is 9.72 Å². The highest BCUT2D eigenvalue weighted by Crippen LogP contribution is 2.36. The number of hydrogen-bond donors (Lipinski definition) is 1. The molecule has 0 bridgehead atoms. The number of anilines is 2. The average molecular weight is 510 g/mol. The van der Waals surface area contributed by atoms with Crippen LogP contribution in [-0.2, 0) is 17.7 Å². The van der Waals surface area contributed by atoms with Crippen LogP contribution in [0.2, 0.25) is 0 Å². The maximum absolute atomic E-state index is 9.54. The van der Waals surface area contributed by atoms with Crippen molar-refractivity contribution >= 4 is 22.4 Å². The first-order valence-electron chi connectivity index (χ1n) is 14.0. The number of rotatable bonds is 4. The van der Waals surface area contributed by atoms with E-state index in [9.17, 15) is 5.26 Å². The molecule has 4 aliphatic heterocycles. The highest BCUT2D eigenvalue weighted by Gasteiger charge is 2.44. The fraction of sp³-hybridized carbons (Fsp3) is 0.500. The fourth-order valence-corrected chi connectivity index (χ4v) is 7.03. The van der Waals surface area contributed by atoms with Gasteiger partial charge in [-0.15, -0.1) is 0 Å². The first-order chi connectivity index (χ1) is 18.7. The molecule has 0 saturated carbocycles. The lowest BCUT2D eigenvalue weighted by Crippen LogP contribution is -2.66. The van der Waals surface area contributed by atoms with E-state index in [2.05, 4.69) is 62.3 Å². The molecule has 3 aromatic rings. The predicted molar refractivity (Wildman–Crippen MR) is 148 cm³/mol. The Morgan fingerprint density at radius 1 is 1.11 bits per heavy atom. The number of morpholine rings is 1. The summed E-state index contributed by atoms with van der Waals surface area (Å²) >= 11 is 0. The minimum Gasteiger partial charge on any atom is -0.370 e. The third-order valence-electron chi connectivity index (χ3n) is 8.84. The Morgan fingerprint density at radius 2 is 2.05 bits per heavy atom. The molecule has 0 amide bonds. The Kier molecular flexibility index (Phi) is 6.15. The predicted octanol–water partition coefficient (Wildman–Crippen LogP) is 2.95. The van der Waals surface area contributed by atoms with Gasteiger partial charge in [-0.05, 0) is 49.2 Å². The minimum atomic E-state index is 0.153. The monoisotopic (exact) mass is 509 g/mol. The van der Waals surface area contributed by atoms with Crippen LogP contribution in [0.5, 0.6) is 0 Å². The van der Waals surface area contributed by atoms with E-state index in [1.54, 1.807) is 6.20 Å². The van der Waals surface area contributed by atoms with Crippen LogP contribution in [0.25, 0.3) is 10.9 Å². The second kappa shape index (κ2) is 9.81. The molecule has 196 valence electrons. The zero-order valence-corrected chi connectivity index (χ0v) is 22.0. The quantitative estimate of drug-likeness (QED) is 0.575. The van der Waals surface area contributed by atoms with Gasteiger partial charge in [0.2, 0.25) is 0 Å². The molecule has 4 aliphatic rings. The van der Waals surface area contributed by atoms with Crippen LogP contribution in [0.15, 0.2) is 42.6 Å². The van der Waals surface area contributed by atoms with Gasteiger partial charge in [0.15, 0.2) is 0 Å². The van der Waals surface area contributed by atoms with Crippen LogP contribution in [-0.4, -0.2) is 78.9 Å². The Hall–Kier alpha value is -3.25. The molecule has 6 heterocycles. The largest absolute Gasteiger partial charge is 0.370 e. The van der Waals surface area contributed by atoms with E-state index in [0.29, 0.717) is 17.5 Å². The number of aromatic nitrogens is 2. The highest BCUT2D eigenvalue weighted by atomic mass is 16.5. The van der Waals surface area contributed by atoms with Gasteiger partial charge >= 0.3 is 0 Å². The van der Waals surface area contributed by atoms with Crippen molar-refractivity contribution in [1.82, 2.24) is 20.2 Å². The molecule has 3 fully saturated rings. The first-order valence-corrected chi connectivity index (χ1v) is 14.0. The average Bonchev–Trinajstić information content (AvgIpc) is 2.94. The molecule has 0 aliphatic carbocycles. The number of nitrogens with zero attached hydrogens (tertiary/aromatic N) is 6. The molecule has 1 unspecified atom stereocenters. The Labute approximate surface area is 224 Å². The maximum Gasteiger partial charge on any atom is 0.128 e. The van der Waals surface area contributed by atoms with E-state index in [0.717, 1.165) is 81.2 Å². The van der Waals surface area contributed by atoms with Gasteiger partial charge < -0.3 is 19.9 Å². The first kappa shape index (κ1) is 23.8. The van der Waals surface area contributed by atoms with E-state index in [-0.39, 0.29) is 12.2 Å². The molecule has 3 saturated heterocycles. The summed E-state index contributed by atoms with van der Waals surface area (Å²) in [6.45, 7) is 10.1. The molecule has 1 N–H and O–H groups in total. The smallest absolute Gasteiger partial charge is 0.128 e. The number of ether oxygens (including phenoxy) is 1. The van der Waals surface area contributed by atoms with Crippen LogP contribution in [0.3, 0.4) is 0 Å². The van der Waals surface area contributed by atoms with Crippen molar-refractivity contribution in [1.29, 1.82) is 5.26 Å². The van der Waals surface area contributed by atoms with Crippen LogP contribution in [0, 0.1) is 17.2 Å². The van der Waals surface area contributed by atoms with Crippen LogP contribution in [0.1, 0.15) is 30.2 Å². The Morgan fingerprint density at radius 3 is 2.95 bits per heavy atom. The van der Waals surface area contributed by atoms with Gasteiger partial charge in [-0.1, -0.05) is 6.07 Å². The van der Waals surface area contributed by atoms with Crippen LogP contribution >= 0.6 is 0 Å². The highest BCUT2D eigenvalue weighted by molar-refractivity contribution is 5.95. The minimum absolute atomic E-state index is 0.153. The van der Waals surface area contributed by atoms with Gasteiger partial charge in [0, 0.05) is 93.7 Å². The molecular formula is C30H35N7O. The number of pyridine rings is 2. The second-order valence-corrected chi connectivity index (χ2v) is 11.3. The van der Waals surface area contributed by atoms with Crippen molar-refractivity contribution in [2.75, 3.05) is 55.6 Å². The van der Waals surface area contributed by atoms with Gasteiger partial charge in [-0.2, -0.15) is 5.26 Å². The SMILES string of the molecule is C[C@@H]1CN(c2ccc(C#N)c3ncccc23)C[C@H](CN2CC3CN(c4ccc5c(n4)CCNC5)CC[C@@H]32)O1. The van der Waals surface area contributed by atoms with Gasteiger partial charge in [0.1, 0.15) is 11.9 Å². The number of nitriles is 1. The van der Waals surface area contributed by atoms with Crippen molar-refractivity contribution in [3.63, 3.8) is 0 Å². The lowest BCUT2D eigenvalue weighted by molar-refractivity contribution is -0.0757. The van der Waals surface area contributed by atoms with E-state index in [1.165, 1.54) is 17.7 Å². The van der Waals surface area contributed by atoms with Gasteiger partial charge in [-0.25, -0.2) is 4.98 Å². The Bertz CT molecular complexity index is 1390. The van der Waals surface area contributed by atoms with E-state index >= 15 is 0 Å². The summed E-state index contributed by atoms with van der Waals surface area (Å²) in [6, 6.07) is 15.4. The lowest BCUT2D eigenvalue weighted by Gasteiger charge is -2.55. The summed E-state index contributed by atoms with van der Waals surface area (Å²) in [7, 11) is 0. The summed E-state index contributed by atoms with van der Waals surface area (Å²) in [5.41, 5.74) is 5.19. The van der Waals surface area contributed by atoms with Crippen molar-refractivity contribution in [2.24, 2.45) is 5.92 Å². The molecule has 8 heteroatoms. The molecule has 0 radical (unpaired) electrons. The normalized spacial score (nSPS) is 27.4. The van der Waals surface area contributed by atoms with Gasteiger partial charge in [0.05, 0.1) is 23.3 Å². The van der Waals surface area contributed by atoms with Crippen molar-refractivity contribution < 1.29 is 4.74 Å². The number of fused-ring (bicyclic) bond motifs is 3. The van der Waals surface area contributed by atoms with Crippen LogP contribution in [0.4, 0.5) is 11.5 Å². The lowest BCUT2D eigenvalue weighted by atomic mass is 9.82. The number of benzene rings is 1. The van der Waals surface area contributed by atoms with Gasteiger partial charge in [-0.3, -0.25) is 9.88 Å². The third kappa shape index (κ3) is 4.29. The van der Waals surface area contributed by atoms with Crippen molar-refractivity contribution in [3.05, 3.63) is 59.4 Å². The number of nitrogens with one attached hydrogen (secondary N) is 1. The molecule has 4 atom stereocenters. The summed E-state index contributed by atoms with van der Waals surface area (Å²) < 4.78 is 6.45. The zero-order chi connectivity index (χ0) is 25.6. The molecule has 1 aromatic carbocycles. The molecule has 2 aromatic heterocycles. The summed E-state index contributed by atoms with van der Waals surface area (Å²) in [5, 5.41) is 14.0. The summed E-state index contributed by atoms with van der Waals surface area (Å²) in [4.78, 5) is 17.1. The van der Waals surface area contributed by atoms with E-state index < -0.39 is 0 Å². The van der Waals surface area contributed by atoms with Crippen molar-refractivity contribution in [3.8, 4) is 6.07 Å². The number of likely N-dealkylation sites (tertiary alicyclic amines) is 1. The molecule has 0 spiro atoms. The zero-order valence-electron chi connectivity index (χ0n) is 22.0. The topological polar surface area (TPSA) is 80.6 Å². The van der Waals surface area contributed by atoms with Crippen LogP contribution < -0.4 is 15.1 Å². The number of piperidine rings is 1. The molecule has 38 heavy (non-hydrogen) atoms. The van der Waals surface area contributed by atoms with Crippen molar-refractivity contribution in [2.45, 2.75) is 44.6 Å².